The predicted molar refractivity (Wildman–Crippen MR) is 82.5 cm³/mol. The molecule has 5 nitrogen and oxygen atoms in total. The van der Waals surface area contributed by atoms with E-state index < -0.39 is 0 Å². The van der Waals surface area contributed by atoms with Crippen LogP contribution in [0.25, 0.3) is 0 Å². The highest BCUT2D eigenvalue weighted by Gasteiger charge is 2.03. The van der Waals surface area contributed by atoms with Crippen molar-refractivity contribution in [2.24, 2.45) is 0 Å². The Balaban J connectivity index is 1.89. The highest BCUT2D eigenvalue weighted by atomic mass is 16.5. The fourth-order valence-electron chi connectivity index (χ4n) is 1.87. The zero-order valence-electron chi connectivity index (χ0n) is 11.8. The van der Waals surface area contributed by atoms with E-state index in [-0.39, 0.29) is 19.1 Å². The molecule has 0 saturated heterocycles. The monoisotopic (exact) mass is 286 g/mol. The average Bonchev–Trinajstić information content (AvgIpc) is 2.53. The van der Waals surface area contributed by atoms with Gasteiger partial charge in [0.25, 0.3) is 0 Å². The van der Waals surface area contributed by atoms with Crippen molar-refractivity contribution in [3.63, 3.8) is 0 Å². The van der Waals surface area contributed by atoms with Crippen LogP contribution in [0.15, 0.2) is 48.5 Å². The van der Waals surface area contributed by atoms with E-state index in [1.807, 2.05) is 30.3 Å². The first-order valence-electron chi connectivity index (χ1n) is 6.59. The summed E-state index contributed by atoms with van der Waals surface area (Å²) in [5, 5.41) is 14.9. The number of ether oxygens (including phenoxy) is 1. The molecule has 0 unspecified atom stereocenters. The van der Waals surface area contributed by atoms with E-state index in [9.17, 15) is 4.79 Å². The van der Waals surface area contributed by atoms with Crippen LogP contribution >= 0.6 is 0 Å². The van der Waals surface area contributed by atoms with Gasteiger partial charge in [-0.3, -0.25) is 4.79 Å². The van der Waals surface area contributed by atoms with Gasteiger partial charge >= 0.3 is 0 Å². The van der Waals surface area contributed by atoms with Gasteiger partial charge in [0.05, 0.1) is 20.3 Å². The lowest BCUT2D eigenvalue weighted by Crippen LogP contribution is -2.21. The molecule has 1 amide bonds. The number of hydrogen-bond acceptors (Lipinski definition) is 4. The van der Waals surface area contributed by atoms with Gasteiger partial charge in [0.2, 0.25) is 5.91 Å². The fraction of sp³-hybridized carbons (Fsp3) is 0.188. The number of anilines is 2. The van der Waals surface area contributed by atoms with E-state index >= 15 is 0 Å². The van der Waals surface area contributed by atoms with Gasteiger partial charge in [-0.25, -0.2) is 0 Å². The van der Waals surface area contributed by atoms with Gasteiger partial charge in [0, 0.05) is 17.4 Å². The summed E-state index contributed by atoms with van der Waals surface area (Å²) in [5.41, 5.74) is 2.28. The molecule has 5 heteroatoms. The highest BCUT2D eigenvalue weighted by molar-refractivity contribution is 5.93. The Bertz CT molecular complexity index is 614. The summed E-state index contributed by atoms with van der Waals surface area (Å²) in [6, 6.07) is 14.5. The molecule has 0 spiro atoms. The third-order valence-corrected chi connectivity index (χ3v) is 2.92. The molecule has 0 aliphatic carbocycles. The maximum atomic E-state index is 11.9. The Labute approximate surface area is 123 Å². The summed E-state index contributed by atoms with van der Waals surface area (Å²) in [5.74, 6) is 0.536. The van der Waals surface area contributed by atoms with Gasteiger partial charge in [-0.15, -0.1) is 0 Å². The molecule has 3 N–H and O–H groups in total. The van der Waals surface area contributed by atoms with E-state index in [1.54, 1.807) is 25.3 Å². The lowest BCUT2D eigenvalue weighted by Gasteiger charge is -2.09. The molecular formula is C16H18N2O3. The molecule has 2 rings (SSSR count). The van der Waals surface area contributed by atoms with Crippen molar-refractivity contribution in [2.45, 2.75) is 6.61 Å². The summed E-state index contributed by atoms with van der Waals surface area (Å²) in [6.07, 6.45) is 0. The lowest BCUT2D eigenvalue weighted by atomic mass is 10.2. The number of methoxy groups -OCH3 is 1. The molecule has 0 fully saturated rings. The Morgan fingerprint density at radius 1 is 1.14 bits per heavy atom. The van der Waals surface area contributed by atoms with Crippen molar-refractivity contribution in [3.05, 3.63) is 54.1 Å². The van der Waals surface area contributed by atoms with Crippen molar-refractivity contribution in [1.29, 1.82) is 0 Å². The quantitative estimate of drug-likeness (QED) is 0.761. The van der Waals surface area contributed by atoms with Gasteiger partial charge in [-0.05, 0) is 29.8 Å². The van der Waals surface area contributed by atoms with Crippen LogP contribution in [0.1, 0.15) is 5.56 Å². The van der Waals surface area contributed by atoms with Crippen LogP contribution in [0.4, 0.5) is 11.4 Å². The third-order valence-electron chi connectivity index (χ3n) is 2.92. The summed E-state index contributed by atoms with van der Waals surface area (Å²) in [6.45, 7) is 0.123. The second-order valence-electron chi connectivity index (χ2n) is 4.49. The number of aliphatic hydroxyl groups is 1. The Morgan fingerprint density at radius 2 is 1.90 bits per heavy atom. The van der Waals surface area contributed by atoms with Gasteiger partial charge in [-0.1, -0.05) is 18.2 Å². The fourth-order valence-corrected chi connectivity index (χ4v) is 1.87. The number of hydrogen-bond donors (Lipinski definition) is 3. The minimum Gasteiger partial charge on any atom is -0.497 e. The SMILES string of the molecule is COc1cccc(NC(=O)CNc2cccc(CO)c2)c1. The Morgan fingerprint density at radius 3 is 2.67 bits per heavy atom. The maximum absolute atomic E-state index is 11.9. The minimum atomic E-state index is -0.155. The van der Waals surface area contributed by atoms with E-state index in [0.717, 1.165) is 11.3 Å². The molecule has 0 radical (unpaired) electrons. The summed E-state index contributed by atoms with van der Waals surface area (Å²) in [4.78, 5) is 11.9. The number of carbonyl (C=O) groups excluding carboxylic acids is 1. The molecular weight excluding hydrogens is 268 g/mol. The highest BCUT2D eigenvalue weighted by Crippen LogP contribution is 2.16. The van der Waals surface area contributed by atoms with Crippen molar-refractivity contribution < 1.29 is 14.6 Å². The van der Waals surface area contributed by atoms with Crippen molar-refractivity contribution in [3.8, 4) is 5.75 Å². The molecule has 0 heterocycles. The Kier molecular flexibility index (Phi) is 5.17. The standard InChI is InChI=1S/C16H18N2O3/c1-21-15-7-3-6-14(9-15)18-16(20)10-17-13-5-2-4-12(8-13)11-19/h2-9,17,19H,10-11H2,1H3,(H,18,20). The molecule has 110 valence electrons. The summed E-state index contributed by atoms with van der Waals surface area (Å²) < 4.78 is 5.10. The normalized spacial score (nSPS) is 10.0. The number of rotatable bonds is 6. The number of nitrogens with one attached hydrogen (secondary N) is 2. The van der Waals surface area contributed by atoms with E-state index in [2.05, 4.69) is 10.6 Å². The second kappa shape index (κ2) is 7.31. The second-order valence-corrected chi connectivity index (χ2v) is 4.49. The van der Waals surface area contributed by atoms with E-state index in [4.69, 9.17) is 9.84 Å². The molecule has 21 heavy (non-hydrogen) atoms. The molecule has 0 aliphatic rings. The first kappa shape index (κ1) is 14.9. The van der Waals surface area contributed by atoms with Crippen LogP contribution in [0.2, 0.25) is 0 Å². The van der Waals surface area contributed by atoms with E-state index in [1.165, 1.54) is 0 Å². The van der Waals surface area contributed by atoms with Gasteiger partial charge in [-0.2, -0.15) is 0 Å². The topological polar surface area (TPSA) is 70.6 Å². The average molecular weight is 286 g/mol. The van der Waals surface area contributed by atoms with Gasteiger partial charge in [0.1, 0.15) is 5.75 Å². The molecule has 0 aromatic heterocycles. The van der Waals surface area contributed by atoms with Crippen molar-refractivity contribution in [2.75, 3.05) is 24.3 Å². The molecule has 0 saturated carbocycles. The number of amides is 1. The molecule has 0 atom stereocenters. The van der Waals surface area contributed by atoms with Gasteiger partial charge < -0.3 is 20.5 Å². The zero-order chi connectivity index (χ0) is 15.1. The smallest absolute Gasteiger partial charge is 0.243 e. The van der Waals surface area contributed by atoms with Crippen LogP contribution in [-0.4, -0.2) is 24.7 Å². The summed E-state index contributed by atoms with van der Waals surface area (Å²) >= 11 is 0. The number of carbonyl (C=O) groups is 1. The summed E-state index contributed by atoms with van der Waals surface area (Å²) in [7, 11) is 1.58. The Hall–Kier alpha value is -2.53. The number of aliphatic hydroxyl groups excluding tert-OH is 1. The minimum absolute atomic E-state index is 0.0223. The first-order chi connectivity index (χ1) is 10.2. The van der Waals surface area contributed by atoms with Crippen LogP contribution < -0.4 is 15.4 Å². The lowest BCUT2D eigenvalue weighted by molar-refractivity contribution is -0.114. The number of benzene rings is 2. The first-order valence-corrected chi connectivity index (χ1v) is 6.59. The van der Waals surface area contributed by atoms with Crippen LogP contribution in [0, 0.1) is 0 Å². The van der Waals surface area contributed by atoms with Crippen LogP contribution in [0.5, 0.6) is 5.75 Å². The molecule has 2 aromatic rings. The van der Waals surface area contributed by atoms with Gasteiger partial charge in [0.15, 0.2) is 0 Å². The van der Waals surface area contributed by atoms with Crippen molar-refractivity contribution in [1.82, 2.24) is 0 Å². The van der Waals surface area contributed by atoms with Crippen LogP contribution in [0.3, 0.4) is 0 Å². The maximum Gasteiger partial charge on any atom is 0.243 e. The van der Waals surface area contributed by atoms with Crippen molar-refractivity contribution >= 4 is 17.3 Å². The zero-order valence-corrected chi connectivity index (χ0v) is 11.8. The molecule has 0 aliphatic heterocycles. The largest absolute Gasteiger partial charge is 0.497 e. The van der Waals surface area contributed by atoms with E-state index in [0.29, 0.717) is 11.4 Å². The third kappa shape index (κ3) is 4.50. The molecule has 0 bridgehead atoms. The molecule has 2 aromatic carbocycles. The van der Waals surface area contributed by atoms with Crippen LogP contribution in [-0.2, 0) is 11.4 Å². The predicted octanol–water partition coefficient (Wildman–Crippen LogP) is 2.24.